The van der Waals surface area contributed by atoms with E-state index in [-0.39, 0.29) is 0 Å². The van der Waals surface area contributed by atoms with Crippen molar-refractivity contribution in [2.75, 3.05) is 0 Å². The van der Waals surface area contributed by atoms with Crippen LogP contribution in [0.2, 0.25) is 5.15 Å². The van der Waals surface area contributed by atoms with Crippen molar-refractivity contribution in [1.82, 2.24) is 9.97 Å². The molecule has 0 unspecified atom stereocenters. The van der Waals surface area contributed by atoms with Gasteiger partial charge < -0.3 is 0 Å². The highest BCUT2D eigenvalue weighted by Gasteiger charge is 2.10. The first-order valence-electron chi connectivity index (χ1n) is 4.74. The van der Waals surface area contributed by atoms with E-state index in [9.17, 15) is 0 Å². The van der Waals surface area contributed by atoms with Crippen molar-refractivity contribution < 1.29 is 0 Å². The minimum atomic E-state index is 0.518. The van der Waals surface area contributed by atoms with Crippen LogP contribution in [0.1, 0.15) is 32.2 Å². The number of hydrogen-bond donors (Lipinski definition) is 0. The molecule has 14 heavy (non-hydrogen) atoms. The van der Waals surface area contributed by atoms with Crippen molar-refractivity contribution in [3.63, 3.8) is 0 Å². The Hall–Kier alpha value is -0.280. The summed E-state index contributed by atoms with van der Waals surface area (Å²) in [6.45, 7) is 8.29. The second-order valence-corrected chi connectivity index (χ2v) is 5.30. The van der Waals surface area contributed by atoms with E-state index in [0.29, 0.717) is 10.4 Å². The van der Waals surface area contributed by atoms with Gasteiger partial charge in [-0.2, -0.15) is 0 Å². The Morgan fingerprint density at radius 1 is 1.36 bits per heavy atom. The molecule has 78 valence electrons. The summed E-state index contributed by atoms with van der Waals surface area (Å²) in [5.41, 5.74) is 0.988. The maximum atomic E-state index is 6.02. The summed E-state index contributed by atoms with van der Waals surface area (Å²) in [6, 6.07) is 0. The molecule has 1 rings (SSSR count). The molecule has 0 aliphatic carbocycles. The molecule has 0 saturated heterocycles. The summed E-state index contributed by atoms with van der Waals surface area (Å²) >= 11 is 7.75. The Balaban J connectivity index is 3.07. The second kappa shape index (κ2) is 4.99. The Kier molecular flexibility index (Phi) is 4.20. The monoisotopic (exact) mass is 230 g/mol. The topological polar surface area (TPSA) is 25.8 Å². The number of aromatic nitrogens is 2. The van der Waals surface area contributed by atoms with Crippen molar-refractivity contribution in [2.45, 2.75) is 44.4 Å². The summed E-state index contributed by atoms with van der Waals surface area (Å²) in [5, 5.41) is 2.11. The number of nitrogens with zero attached hydrogens (tertiary/aromatic N) is 2. The van der Waals surface area contributed by atoms with Gasteiger partial charge >= 0.3 is 0 Å². The van der Waals surface area contributed by atoms with E-state index in [4.69, 9.17) is 11.6 Å². The Labute approximate surface area is 94.5 Å². The van der Waals surface area contributed by atoms with Gasteiger partial charge in [0.05, 0.1) is 0 Å². The van der Waals surface area contributed by atoms with E-state index in [2.05, 4.69) is 23.8 Å². The highest BCUT2D eigenvalue weighted by Crippen LogP contribution is 2.27. The summed E-state index contributed by atoms with van der Waals surface area (Å²) in [6.07, 6.45) is 0.825. The van der Waals surface area contributed by atoms with Gasteiger partial charge in [-0.15, -0.1) is 11.8 Å². The van der Waals surface area contributed by atoms with Gasteiger partial charge in [-0.3, -0.25) is 0 Å². The standard InChI is InChI=1S/C10H15ClN2S/c1-5-8-12-9(11)7(4)10(13-8)14-6(2)3/h6H,5H2,1-4H3. The zero-order valence-electron chi connectivity index (χ0n) is 8.97. The molecule has 0 bridgehead atoms. The zero-order valence-corrected chi connectivity index (χ0v) is 10.5. The average molecular weight is 231 g/mol. The van der Waals surface area contributed by atoms with Gasteiger partial charge in [0.25, 0.3) is 0 Å². The summed E-state index contributed by atoms with van der Waals surface area (Å²) in [4.78, 5) is 8.66. The lowest BCUT2D eigenvalue weighted by atomic mass is 10.3. The van der Waals surface area contributed by atoms with E-state index in [1.54, 1.807) is 11.8 Å². The Bertz CT molecular complexity index is 326. The Morgan fingerprint density at radius 3 is 2.50 bits per heavy atom. The van der Waals surface area contributed by atoms with Crippen LogP contribution in [0.15, 0.2) is 5.03 Å². The molecule has 1 heterocycles. The second-order valence-electron chi connectivity index (χ2n) is 3.38. The number of aryl methyl sites for hydroxylation is 1. The molecule has 0 fully saturated rings. The third kappa shape index (κ3) is 2.85. The molecule has 0 aromatic carbocycles. The number of rotatable bonds is 3. The third-order valence-corrected chi connectivity index (χ3v) is 3.21. The molecule has 0 amide bonds. The average Bonchev–Trinajstić information content (AvgIpc) is 2.11. The zero-order chi connectivity index (χ0) is 10.7. The van der Waals surface area contributed by atoms with Crippen molar-refractivity contribution in [2.24, 2.45) is 0 Å². The molecule has 1 aromatic rings. The number of hydrogen-bond acceptors (Lipinski definition) is 3. The van der Waals surface area contributed by atoms with Crippen LogP contribution in [0.4, 0.5) is 0 Å². The molecule has 0 aliphatic rings. The highest BCUT2D eigenvalue weighted by molar-refractivity contribution is 7.99. The Morgan fingerprint density at radius 2 is 2.00 bits per heavy atom. The fourth-order valence-corrected chi connectivity index (χ4v) is 2.13. The lowest BCUT2D eigenvalue weighted by Gasteiger charge is -2.09. The van der Waals surface area contributed by atoms with Crippen LogP contribution in [0.5, 0.6) is 0 Å². The minimum absolute atomic E-state index is 0.518. The van der Waals surface area contributed by atoms with Crippen LogP contribution in [-0.2, 0) is 6.42 Å². The van der Waals surface area contributed by atoms with Gasteiger partial charge in [0.2, 0.25) is 0 Å². The number of halogens is 1. The van der Waals surface area contributed by atoms with Crippen LogP contribution in [0, 0.1) is 6.92 Å². The molecule has 0 saturated carbocycles. The predicted molar refractivity (Wildman–Crippen MR) is 62.2 cm³/mol. The number of thioether (sulfide) groups is 1. The predicted octanol–water partition coefficient (Wildman–Crippen LogP) is 3.50. The maximum absolute atomic E-state index is 6.02. The smallest absolute Gasteiger partial charge is 0.136 e. The first-order valence-corrected chi connectivity index (χ1v) is 6.00. The third-order valence-electron chi connectivity index (χ3n) is 1.75. The van der Waals surface area contributed by atoms with E-state index < -0.39 is 0 Å². The lowest BCUT2D eigenvalue weighted by molar-refractivity contribution is 0.869. The fourth-order valence-electron chi connectivity index (χ4n) is 1.01. The van der Waals surface area contributed by atoms with Gasteiger partial charge in [-0.05, 0) is 6.92 Å². The van der Waals surface area contributed by atoms with Crippen LogP contribution < -0.4 is 0 Å². The van der Waals surface area contributed by atoms with Crippen LogP contribution in [0.25, 0.3) is 0 Å². The van der Waals surface area contributed by atoms with Crippen molar-refractivity contribution >= 4 is 23.4 Å². The van der Waals surface area contributed by atoms with Crippen LogP contribution in [0.3, 0.4) is 0 Å². The molecular formula is C10H15ClN2S. The lowest BCUT2D eigenvalue weighted by Crippen LogP contribution is -2.00. The van der Waals surface area contributed by atoms with Crippen molar-refractivity contribution in [3.05, 3.63) is 16.5 Å². The molecule has 0 atom stereocenters. The maximum Gasteiger partial charge on any atom is 0.136 e. The summed E-state index contributed by atoms with van der Waals surface area (Å²) in [7, 11) is 0. The first-order chi connectivity index (χ1) is 6.54. The van der Waals surface area contributed by atoms with Crippen molar-refractivity contribution in [3.8, 4) is 0 Å². The molecule has 0 aliphatic heterocycles. The molecule has 0 spiro atoms. The largest absolute Gasteiger partial charge is 0.226 e. The van der Waals surface area contributed by atoms with Gasteiger partial charge in [0, 0.05) is 17.2 Å². The molecular weight excluding hydrogens is 216 g/mol. The van der Waals surface area contributed by atoms with E-state index in [1.165, 1.54) is 0 Å². The molecule has 0 N–H and O–H groups in total. The highest BCUT2D eigenvalue weighted by atomic mass is 35.5. The molecule has 2 nitrogen and oxygen atoms in total. The molecule has 4 heteroatoms. The molecule has 1 aromatic heterocycles. The van der Waals surface area contributed by atoms with Crippen LogP contribution in [-0.4, -0.2) is 15.2 Å². The first kappa shape index (κ1) is 11.8. The van der Waals surface area contributed by atoms with Gasteiger partial charge in [-0.25, -0.2) is 9.97 Å². The summed E-state index contributed by atoms with van der Waals surface area (Å²) in [5.74, 6) is 0.823. The van der Waals surface area contributed by atoms with Gasteiger partial charge in [-0.1, -0.05) is 32.4 Å². The van der Waals surface area contributed by atoms with Crippen molar-refractivity contribution in [1.29, 1.82) is 0 Å². The SMILES string of the molecule is CCc1nc(Cl)c(C)c(SC(C)C)n1. The van der Waals surface area contributed by atoms with Crippen LogP contribution >= 0.6 is 23.4 Å². The van der Waals surface area contributed by atoms with Gasteiger partial charge in [0.1, 0.15) is 16.0 Å². The van der Waals surface area contributed by atoms with E-state index in [0.717, 1.165) is 22.8 Å². The summed E-state index contributed by atoms with van der Waals surface area (Å²) < 4.78 is 0. The fraction of sp³-hybridized carbons (Fsp3) is 0.600. The van der Waals surface area contributed by atoms with E-state index in [1.807, 2.05) is 13.8 Å². The normalized spacial score (nSPS) is 11.0. The quantitative estimate of drug-likeness (QED) is 0.587. The van der Waals surface area contributed by atoms with Gasteiger partial charge in [0.15, 0.2) is 0 Å². The minimum Gasteiger partial charge on any atom is -0.226 e. The van der Waals surface area contributed by atoms with E-state index >= 15 is 0 Å². The molecule has 0 radical (unpaired) electrons.